The highest BCUT2D eigenvalue weighted by atomic mass is 19.1. The molecule has 5 heteroatoms. The van der Waals surface area contributed by atoms with Crippen molar-refractivity contribution >= 4 is 11.7 Å². The van der Waals surface area contributed by atoms with E-state index in [2.05, 4.69) is 5.32 Å². The molecule has 0 amide bonds. The fourth-order valence-corrected chi connectivity index (χ4v) is 1.86. The smallest absolute Gasteiger partial charge is 0.326 e. The third kappa shape index (κ3) is 3.32. The highest BCUT2D eigenvalue weighted by Crippen LogP contribution is 2.20. The standard InChI is InChI=1S/C15H13F2NO2/c16-11-7-4-8-12(17)14(11)18-13(15(19)20)9-10-5-2-1-3-6-10/h1-8,13,18H,9H2,(H,19,20)/t13-/m0/s1. The molecular formula is C15H13F2NO2. The number of halogens is 2. The lowest BCUT2D eigenvalue weighted by Crippen LogP contribution is -2.32. The number of rotatable bonds is 5. The number of aliphatic carboxylic acids is 1. The van der Waals surface area contributed by atoms with Crippen molar-refractivity contribution in [3.8, 4) is 0 Å². The average Bonchev–Trinajstić information content (AvgIpc) is 2.42. The van der Waals surface area contributed by atoms with Gasteiger partial charge in [0.1, 0.15) is 23.4 Å². The van der Waals surface area contributed by atoms with Gasteiger partial charge < -0.3 is 10.4 Å². The number of anilines is 1. The molecule has 0 aromatic heterocycles. The molecule has 2 rings (SSSR count). The lowest BCUT2D eigenvalue weighted by Gasteiger charge is -2.16. The van der Waals surface area contributed by atoms with Crippen LogP contribution in [0, 0.1) is 11.6 Å². The Balaban J connectivity index is 2.20. The second-order valence-electron chi connectivity index (χ2n) is 4.32. The number of carbonyl (C=O) groups is 1. The maximum absolute atomic E-state index is 13.5. The van der Waals surface area contributed by atoms with Gasteiger partial charge in [0, 0.05) is 6.42 Å². The van der Waals surface area contributed by atoms with E-state index in [1.165, 1.54) is 6.07 Å². The van der Waals surface area contributed by atoms with Crippen molar-refractivity contribution < 1.29 is 18.7 Å². The summed E-state index contributed by atoms with van der Waals surface area (Å²) in [5.74, 6) is -2.80. The number of hydrogen-bond donors (Lipinski definition) is 2. The molecule has 0 aliphatic heterocycles. The predicted octanol–water partition coefficient (Wildman–Crippen LogP) is 3.07. The van der Waals surface area contributed by atoms with Crippen LogP contribution in [0.25, 0.3) is 0 Å². The van der Waals surface area contributed by atoms with Crippen LogP contribution < -0.4 is 5.32 Å². The first-order valence-electron chi connectivity index (χ1n) is 6.05. The molecule has 20 heavy (non-hydrogen) atoms. The summed E-state index contributed by atoms with van der Waals surface area (Å²) in [6.45, 7) is 0. The minimum absolute atomic E-state index is 0.129. The predicted molar refractivity (Wildman–Crippen MR) is 71.6 cm³/mol. The number of carboxylic acids is 1. The fraction of sp³-hybridized carbons (Fsp3) is 0.133. The lowest BCUT2D eigenvalue weighted by atomic mass is 10.1. The van der Waals surface area contributed by atoms with Crippen LogP contribution in [0.4, 0.5) is 14.5 Å². The number of hydrogen-bond acceptors (Lipinski definition) is 2. The van der Waals surface area contributed by atoms with Crippen molar-refractivity contribution in [2.45, 2.75) is 12.5 Å². The molecule has 1 atom stereocenters. The molecule has 2 N–H and O–H groups in total. The van der Waals surface area contributed by atoms with Gasteiger partial charge in [0.05, 0.1) is 0 Å². The van der Waals surface area contributed by atoms with Gasteiger partial charge in [-0.05, 0) is 17.7 Å². The molecule has 0 radical (unpaired) electrons. The lowest BCUT2D eigenvalue weighted by molar-refractivity contribution is -0.137. The van der Waals surface area contributed by atoms with Crippen molar-refractivity contribution in [3.05, 3.63) is 65.7 Å². The Morgan fingerprint density at radius 2 is 1.65 bits per heavy atom. The molecule has 104 valence electrons. The molecule has 0 spiro atoms. The van der Waals surface area contributed by atoms with Gasteiger partial charge in [-0.15, -0.1) is 0 Å². The monoisotopic (exact) mass is 277 g/mol. The van der Waals surface area contributed by atoms with Crippen molar-refractivity contribution in [1.29, 1.82) is 0 Å². The fourth-order valence-electron chi connectivity index (χ4n) is 1.86. The summed E-state index contributed by atoms with van der Waals surface area (Å²) in [6.07, 6.45) is 0.129. The zero-order valence-corrected chi connectivity index (χ0v) is 10.5. The van der Waals surface area contributed by atoms with Gasteiger partial charge in [0.15, 0.2) is 0 Å². The average molecular weight is 277 g/mol. The molecule has 0 unspecified atom stereocenters. The minimum atomic E-state index is -1.17. The Labute approximate surface area is 114 Å². The highest BCUT2D eigenvalue weighted by Gasteiger charge is 2.21. The second-order valence-corrected chi connectivity index (χ2v) is 4.32. The maximum atomic E-state index is 13.5. The highest BCUT2D eigenvalue weighted by molar-refractivity contribution is 5.77. The molecule has 0 saturated carbocycles. The summed E-state index contributed by atoms with van der Waals surface area (Å²) < 4.78 is 27.0. The molecule has 0 saturated heterocycles. The van der Waals surface area contributed by atoms with Crippen molar-refractivity contribution in [2.75, 3.05) is 5.32 Å². The number of para-hydroxylation sites is 1. The van der Waals surface area contributed by atoms with E-state index in [1.807, 2.05) is 6.07 Å². The van der Waals surface area contributed by atoms with E-state index in [-0.39, 0.29) is 6.42 Å². The van der Waals surface area contributed by atoms with Crippen LogP contribution in [0.3, 0.4) is 0 Å². The largest absolute Gasteiger partial charge is 0.480 e. The van der Waals surface area contributed by atoms with Crippen LogP contribution in [-0.2, 0) is 11.2 Å². The third-order valence-corrected chi connectivity index (χ3v) is 2.86. The molecule has 2 aromatic carbocycles. The van der Waals surface area contributed by atoms with Gasteiger partial charge in [-0.3, -0.25) is 0 Å². The van der Waals surface area contributed by atoms with Crippen LogP contribution in [0.1, 0.15) is 5.56 Å². The molecule has 3 nitrogen and oxygen atoms in total. The van der Waals surface area contributed by atoms with Crippen LogP contribution in [0.15, 0.2) is 48.5 Å². The van der Waals surface area contributed by atoms with Crippen molar-refractivity contribution in [3.63, 3.8) is 0 Å². The molecule has 0 heterocycles. The van der Waals surface area contributed by atoms with E-state index in [0.717, 1.165) is 17.7 Å². The van der Waals surface area contributed by atoms with Crippen LogP contribution in [-0.4, -0.2) is 17.1 Å². The molecule has 0 fully saturated rings. The quantitative estimate of drug-likeness (QED) is 0.883. The Morgan fingerprint density at radius 3 is 2.20 bits per heavy atom. The van der Waals surface area contributed by atoms with E-state index >= 15 is 0 Å². The van der Waals surface area contributed by atoms with Crippen LogP contribution >= 0.6 is 0 Å². The van der Waals surface area contributed by atoms with Gasteiger partial charge in [-0.25, -0.2) is 13.6 Å². The molecule has 0 bridgehead atoms. The van der Waals surface area contributed by atoms with E-state index in [1.54, 1.807) is 24.3 Å². The van der Waals surface area contributed by atoms with E-state index < -0.39 is 29.3 Å². The summed E-state index contributed by atoms with van der Waals surface area (Å²) in [5, 5.41) is 11.6. The molecule has 2 aromatic rings. The minimum Gasteiger partial charge on any atom is -0.480 e. The first-order valence-corrected chi connectivity index (χ1v) is 6.05. The summed E-state index contributed by atoms with van der Waals surface area (Å²) in [7, 11) is 0. The normalized spacial score (nSPS) is 11.9. The van der Waals surface area contributed by atoms with E-state index in [4.69, 9.17) is 0 Å². The van der Waals surface area contributed by atoms with Gasteiger partial charge in [0.25, 0.3) is 0 Å². The summed E-state index contributed by atoms with van der Waals surface area (Å²) >= 11 is 0. The SMILES string of the molecule is O=C(O)[C@H](Cc1ccccc1)Nc1c(F)cccc1F. The van der Waals surface area contributed by atoms with Crippen molar-refractivity contribution in [2.24, 2.45) is 0 Å². The zero-order chi connectivity index (χ0) is 14.5. The van der Waals surface area contributed by atoms with Gasteiger partial charge in [0.2, 0.25) is 0 Å². The van der Waals surface area contributed by atoms with E-state index in [9.17, 15) is 18.7 Å². The first-order chi connectivity index (χ1) is 9.58. The number of nitrogens with one attached hydrogen (secondary N) is 1. The maximum Gasteiger partial charge on any atom is 0.326 e. The summed E-state index contributed by atoms with van der Waals surface area (Å²) in [6, 6.07) is 11.1. The summed E-state index contributed by atoms with van der Waals surface area (Å²) in [4.78, 5) is 11.2. The zero-order valence-electron chi connectivity index (χ0n) is 10.5. The Kier molecular flexibility index (Phi) is 4.30. The van der Waals surface area contributed by atoms with Crippen LogP contribution in [0.2, 0.25) is 0 Å². The Bertz CT molecular complexity index is 582. The Morgan fingerprint density at radius 1 is 1.05 bits per heavy atom. The Hall–Kier alpha value is -2.43. The topological polar surface area (TPSA) is 49.3 Å². The van der Waals surface area contributed by atoms with E-state index in [0.29, 0.717) is 0 Å². The number of benzene rings is 2. The molecule has 0 aliphatic rings. The van der Waals surface area contributed by atoms with Gasteiger partial charge in [-0.1, -0.05) is 36.4 Å². The van der Waals surface area contributed by atoms with Crippen LogP contribution in [0.5, 0.6) is 0 Å². The summed E-state index contributed by atoms with van der Waals surface area (Å²) in [5.41, 5.74) is 0.347. The molecule has 0 aliphatic carbocycles. The van der Waals surface area contributed by atoms with Crippen molar-refractivity contribution in [1.82, 2.24) is 0 Å². The third-order valence-electron chi connectivity index (χ3n) is 2.86. The van der Waals surface area contributed by atoms with Gasteiger partial charge >= 0.3 is 5.97 Å². The van der Waals surface area contributed by atoms with Gasteiger partial charge in [-0.2, -0.15) is 0 Å². The number of carboxylic acid groups (broad SMARTS) is 1. The second kappa shape index (κ2) is 6.14. The first kappa shape index (κ1) is 14.0. The molecular weight excluding hydrogens is 264 g/mol.